The molecule has 3 aromatic rings. The topological polar surface area (TPSA) is 65.5 Å². The van der Waals surface area contributed by atoms with E-state index in [9.17, 15) is 9.59 Å². The second-order valence-electron chi connectivity index (χ2n) is 6.86. The van der Waals surface area contributed by atoms with Gasteiger partial charge in [0.1, 0.15) is 0 Å². The summed E-state index contributed by atoms with van der Waals surface area (Å²) >= 11 is 9.03. The predicted octanol–water partition coefficient (Wildman–Crippen LogP) is 3.51. The van der Waals surface area contributed by atoms with Crippen molar-refractivity contribution in [1.29, 1.82) is 0 Å². The molecule has 0 spiro atoms. The number of benzene rings is 2. The summed E-state index contributed by atoms with van der Waals surface area (Å²) in [5, 5.41) is 3.43. The molecule has 1 fully saturated rings. The van der Waals surface area contributed by atoms with Gasteiger partial charge in [-0.2, -0.15) is 0 Å². The van der Waals surface area contributed by atoms with Crippen molar-refractivity contribution >= 4 is 62.4 Å². The van der Waals surface area contributed by atoms with E-state index in [2.05, 4.69) is 15.2 Å². The highest BCUT2D eigenvalue weighted by Gasteiger charge is 2.21. The minimum Gasteiger partial charge on any atom is -0.368 e. The summed E-state index contributed by atoms with van der Waals surface area (Å²) in [6.45, 7) is 2.76. The summed E-state index contributed by atoms with van der Waals surface area (Å²) < 4.78 is 1.96. The van der Waals surface area contributed by atoms with E-state index in [1.807, 2.05) is 48.5 Å². The van der Waals surface area contributed by atoms with Crippen LogP contribution in [0.3, 0.4) is 0 Å². The van der Waals surface area contributed by atoms with Gasteiger partial charge in [0.15, 0.2) is 4.34 Å². The van der Waals surface area contributed by atoms with Gasteiger partial charge in [0, 0.05) is 36.9 Å². The number of carbonyl (C=O) groups is 2. The van der Waals surface area contributed by atoms with Crippen LogP contribution >= 0.6 is 34.7 Å². The number of halogens is 1. The summed E-state index contributed by atoms with van der Waals surface area (Å²) in [6, 6.07) is 15.6. The molecule has 0 unspecified atom stereocenters. The maximum absolute atomic E-state index is 12.4. The molecule has 1 aliphatic heterocycles. The third-order valence-corrected chi connectivity index (χ3v) is 7.26. The number of fused-ring (bicyclic) bond motifs is 1. The number of hydrogen-bond donors (Lipinski definition) is 1. The fraction of sp³-hybridized carbons (Fsp3) is 0.286. The Kier molecular flexibility index (Phi) is 6.76. The maximum Gasteiger partial charge on any atom is 0.242 e. The first-order valence-electron chi connectivity index (χ1n) is 9.62. The molecule has 1 aliphatic rings. The van der Waals surface area contributed by atoms with Gasteiger partial charge in [0.25, 0.3) is 0 Å². The second kappa shape index (κ2) is 9.68. The Labute approximate surface area is 188 Å². The number of para-hydroxylation sites is 1. The molecule has 9 heteroatoms. The van der Waals surface area contributed by atoms with Crippen LogP contribution in [0, 0.1) is 0 Å². The van der Waals surface area contributed by atoms with Gasteiger partial charge in [-0.15, -0.1) is 11.3 Å². The Morgan fingerprint density at radius 3 is 2.67 bits per heavy atom. The lowest BCUT2D eigenvalue weighted by molar-refractivity contribution is -0.132. The number of nitrogens with zero attached hydrogens (tertiary/aromatic N) is 3. The van der Waals surface area contributed by atoms with Crippen LogP contribution in [-0.4, -0.2) is 60.2 Å². The molecular formula is C21H21ClN4O2S2. The normalized spacial score (nSPS) is 14.2. The van der Waals surface area contributed by atoms with Gasteiger partial charge in [-0.3, -0.25) is 9.59 Å². The first-order valence-corrected chi connectivity index (χ1v) is 11.8. The van der Waals surface area contributed by atoms with Crippen molar-refractivity contribution in [2.75, 3.05) is 43.4 Å². The summed E-state index contributed by atoms with van der Waals surface area (Å²) in [7, 11) is 0. The van der Waals surface area contributed by atoms with Gasteiger partial charge in [-0.05, 0) is 30.3 Å². The van der Waals surface area contributed by atoms with Crippen LogP contribution in [0.4, 0.5) is 5.69 Å². The number of thiazole rings is 1. The molecule has 0 saturated carbocycles. The van der Waals surface area contributed by atoms with Crippen LogP contribution < -0.4 is 10.2 Å². The van der Waals surface area contributed by atoms with Gasteiger partial charge in [0.2, 0.25) is 11.8 Å². The van der Waals surface area contributed by atoms with Crippen LogP contribution in [0.25, 0.3) is 10.2 Å². The molecule has 0 bridgehead atoms. The van der Waals surface area contributed by atoms with Crippen molar-refractivity contribution in [2.24, 2.45) is 0 Å². The van der Waals surface area contributed by atoms with Crippen molar-refractivity contribution in [2.45, 2.75) is 4.34 Å². The predicted molar refractivity (Wildman–Crippen MR) is 124 cm³/mol. The molecule has 6 nitrogen and oxygen atoms in total. The third-order valence-electron chi connectivity index (χ3n) is 4.84. The van der Waals surface area contributed by atoms with E-state index < -0.39 is 0 Å². The van der Waals surface area contributed by atoms with E-state index in [1.165, 1.54) is 11.8 Å². The average molecular weight is 461 g/mol. The highest BCUT2D eigenvalue weighted by Crippen LogP contribution is 2.29. The Balaban J connectivity index is 1.19. The summed E-state index contributed by atoms with van der Waals surface area (Å²) in [6.07, 6.45) is 0. The zero-order valence-electron chi connectivity index (χ0n) is 16.2. The molecule has 4 rings (SSSR count). The smallest absolute Gasteiger partial charge is 0.242 e. The maximum atomic E-state index is 12.4. The van der Waals surface area contributed by atoms with Gasteiger partial charge >= 0.3 is 0 Å². The van der Waals surface area contributed by atoms with Gasteiger partial charge in [-0.1, -0.05) is 41.6 Å². The number of piperazine rings is 1. The van der Waals surface area contributed by atoms with Crippen molar-refractivity contribution in [3.05, 3.63) is 53.6 Å². The van der Waals surface area contributed by atoms with E-state index in [0.717, 1.165) is 33.3 Å². The molecule has 1 saturated heterocycles. The average Bonchev–Trinajstić information content (AvgIpc) is 3.19. The van der Waals surface area contributed by atoms with Crippen LogP contribution in [0.2, 0.25) is 5.02 Å². The molecule has 30 heavy (non-hydrogen) atoms. The zero-order chi connectivity index (χ0) is 20.9. The molecule has 1 N–H and O–H groups in total. The van der Waals surface area contributed by atoms with Crippen LogP contribution in [0.1, 0.15) is 0 Å². The van der Waals surface area contributed by atoms with Crippen molar-refractivity contribution < 1.29 is 9.59 Å². The van der Waals surface area contributed by atoms with E-state index in [-0.39, 0.29) is 24.1 Å². The number of rotatable bonds is 6. The number of aromatic nitrogens is 1. The van der Waals surface area contributed by atoms with Crippen molar-refractivity contribution in [3.63, 3.8) is 0 Å². The highest BCUT2D eigenvalue weighted by molar-refractivity contribution is 8.01. The van der Waals surface area contributed by atoms with Crippen LogP contribution in [0.15, 0.2) is 52.9 Å². The second-order valence-corrected chi connectivity index (χ2v) is 9.55. The lowest BCUT2D eigenvalue weighted by Gasteiger charge is -2.36. The number of nitrogens with one attached hydrogen (secondary N) is 1. The molecule has 0 atom stereocenters. The van der Waals surface area contributed by atoms with Crippen molar-refractivity contribution in [3.8, 4) is 0 Å². The molecule has 2 heterocycles. The Morgan fingerprint density at radius 1 is 1.10 bits per heavy atom. The molecule has 2 amide bonds. The van der Waals surface area contributed by atoms with E-state index >= 15 is 0 Å². The van der Waals surface area contributed by atoms with E-state index in [4.69, 9.17) is 11.6 Å². The number of hydrogen-bond acceptors (Lipinski definition) is 6. The fourth-order valence-corrected chi connectivity index (χ4v) is 5.35. The minimum absolute atomic E-state index is 0.0242. The number of amides is 2. The SMILES string of the molecule is O=C(CSc1nc2ccccc2s1)NCC(=O)N1CCN(c2cccc(Cl)c2)CC1. The number of carbonyl (C=O) groups excluding carboxylic acids is 2. The third kappa shape index (κ3) is 5.24. The number of thioether (sulfide) groups is 1. The standard InChI is InChI=1S/C21H21ClN4O2S2/c22-15-4-3-5-16(12-15)25-8-10-26(11-9-25)20(28)13-23-19(27)14-29-21-24-17-6-1-2-7-18(17)30-21/h1-7,12H,8-11,13-14H2,(H,23,27). The monoisotopic (exact) mass is 460 g/mol. The first kappa shape index (κ1) is 21.0. The van der Waals surface area contributed by atoms with Crippen molar-refractivity contribution in [1.82, 2.24) is 15.2 Å². The lowest BCUT2D eigenvalue weighted by atomic mass is 10.2. The van der Waals surface area contributed by atoms with Gasteiger partial charge in [-0.25, -0.2) is 4.98 Å². The molecule has 2 aromatic carbocycles. The summed E-state index contributed by atoms with van der Waals surface area (Å²) in [4.78, 5) is 33.1. The molecule has 0 radical (unpaired) electrons. The highest BCUT2D eigenvalue weighted by atomic mass is 35.5. The Hall–Kier alpha value is -2.29. The van der Waals surface area contributed by atoms with E-state index in [0.29, 0.717) is 18.1 Å². The fourth-order valence-electron chi connectivity index (χ4n) is 3.26. The Morgan fingerprint density at radius 2 is 1.90 bits per heavy atom. The lowest BCUT2D eigenvalue weighted by Crippen LogP contribution is -2.51. The molecule has 156 valence electrons. The molecule has 0 aliphatic carbocycles. The zero-order valence-corrected chi connectivity index (χ0v) is 18.6. The quantitative estimate of drug-likeness (QED) is 0.570. The Bertz CT molecular complexity index is 1020. The molecular weight excluding hydrogens is 440 g/mol. The van der Waals surface area contributed by atoms with Crippen LogP contribution in [0.5, 0.6) is 0 Å². The van der Waals surface area contributed by atoms with E-state index in [1.54, 1.807) is 16.2 Å². The number of anilines is 1. The minimum atomic E-state index is -0.162. The first-order chi connectivity index (χ1) is 14.6. The molecule has 1 aromatic heterocycles. The van der Waals surface area contributed by atoms with Gasteiger partial charge < -0.3 is 15.1 Å². The largest absolute Gasteiger partial charge is 0.368 e. The van der Waals surface area contributed by atoms with Gasteiger partial charge in [0.05, 0.1) is 22.5 Å². The van der Waals surface area contributed by atoms with Crippen LogP contribution in [-0.2, 0) is 9.59 Å². The summed E-state index contributed by atoms with van der Waals surface area (Å²) in [5.41, 5.74) is 2.01. The summed E-state index contributed by atoms with van der Waals surface area (Å²) in [5.74, 6) is 0.0274.